The van der Waals surface area contributed by atoms with Gasteiger partial charge in [-0.3, -0.25) is 4.79 Å². The van der Waals surface area contributed by atoms with Crippen LogP contribution in [0.3, 0.4) is 0 Å². The molecule has 118 valence electrons. The molecule has 0 atom stereocenters. The molecule has 0 aliphatic carbocycles. The molecule has 0 saturated heterocycles. The van der Waals surface area contributed by atoms with Crippen LogP contribution in [0, 0.1) is 0 Å². The largest absolute Gasteiger partial charge is 0.388 e. The molecule has 2 N–H and O–H groups in total. The Morgan fingerprint density at radius 2 is 1.52 bits per heavy atom. The van der Waals surface area contributed by atoms with Crippen LogP contribution in [0.15, 0.2) is 24.3 Å². The van der Waals surface area contributed by atoms with E-state index in [0.717, 1.165) is 12.2 Å². The third-order valence-electron chi connectivity index (χ3n) is 3.71. The first-order valence-corrected chi connectivity index (χ1v) is 8.26. The van der Waals surface area contributed by atoms with Crippen LogP contribution in [0.2, 0.25) is 0 Å². The fourth-order valence-electron chi connectivity index (χ4n) is 2.36. The van der Waals surface area contributed by atoms with Gasteiger partial charge in [0.25, 0.3) is 0 Å². The molecule has 0 aromatic heterocycles. The number of nitrogens with one attached hydrogen (secondary N) is 1. The Bertz CT molecular complexity index is 387. The number of aliphatic hydroxyl groups is 1. The van der Waals surface area contributed by atoms with E-state index in [4.69, 9.17) is 5.11 Å². The number of anilines is 1. The zero-order chi connectivity index (χ0) is 15.3. The van der Waals surface area contributed by atoms with Gasteiger partial charge in [-0.05, 0) is 30.7 Å². The van der Waals surface area contributed by atoms with Crippen LogP contribution < -0.4 is 5.32 Å². The molecule has 0 spiro atoms. The molecule has 0 aliphatic rings. The van der Waals surface area contributed by atoms with Crippen LogP contribution >= 0.6 is 0 Å². The van der Waals surface area contributed by atoms with Crippen molar-refractivity contribution in [3.8, 4) is 0 Å². The fourth-order valence-corrected chi connectivity index (χ4v) is 2.36. The van der Waals surface area contributed by atoms with E-state index in [1.807, 2.05) is 12.1 Å². The number of aliphatic hydroxyl groups excluding tert-OH is 1. The van der Waals surface area contributed by atoms with Crippen molar-refractivity contribution in [2.24, 2.45) is 0 Å². The van der Waals surface area contributed by atoms with Crippen molar-refractivity contribution in [3.63, 3.8) is 0 Å². The zero-order valence-electron chi connectivity index (χ0n) is 13.2. The first kappa shape index (κ1) is 17.7. The highest BCUT2D eigenvalue weighted by Gasteiger charge is 2.02. The lowest BCUT2D eigenvalue weighted by Gasteiger charge is -2.07. The molecule has 1 aromatic rings. The van der Waals surface area contributed by atoms with Crippen molar-refractivity contribution >= 4 is 11.5 Å². The molecule has 1 rings (SSSR count). The SMILES string of the molecule is CCCCCCCCCCNc1ccc(C(=O)CO)cc1. The van der Waals surface area contributed by atoms with Crippen molar-refractivity contribution < 1.29 is 9.90 Å². The minimum absolute atomic E-state index is 0.232. The number of carbonyl (C=O) groups excluding carboxylic acids is 1. The summed E-state index contributed by atoms with van der Waals surface area (Å²) in [5.41, 5.74) is 1.60. The number of benzene rings is 1. The van der Waals surface area contributed by atoms with E-state index in [0.29, 0.717) is 5.56 Å². The number of rotatable bonds is 12. The maximum absolute atomic E-state index is 11.3. The maximum Gasteiger partial charge on any atom is 0.188 e. The molecule has 21 heavy (non-hydrogen) atoms. The fraction of sp³-hybridized carbons (Fsp3) is 0.611. The van der Waals surface area contributed by atoms with Gasteiger partial charge in [0, 0.05) is 17.8 Å². The molecule has 3 nitrogen and oxygen atoms in total. The summed E-state index contributed by atoms with van der Waals surface area (Å²) >= 11 is 0. The standard InChI is InChI=1S/C18H29NO2/c1-2-3-4-5-6-7-8-9-14-19-17-12-10-16(11-13-17)18(21)15-20/h10-13,19-20H,2-9,14-15H2,1H3. The molecule has 3 heteroatoms. The number of unbranched alkanes of at least 4 members (excludes halogenated alkanes) is 7. The summed E-state index contributed by atoms with van der Waals surface area (Å²) < 4.78 is 0. The molecular formula is C18H29NO2. The van der Waals surface area contributed by atoms with Crippen molar-refractivity contribution in [1.82, 2.24) is 0 Å². The molecule has 0 heterocycles. The lowest BCUT2D eigenvalue weighted by molar-refractivity contribution is 0.0904. The van der Waals surface area contributed by atoms with Gasteiger partial charge in [0.1, 0.15) is 6.61 Å². The molecule has 1 aromatic carbocycles. The van der Waals surface area contributed by atoms with E-state index >= 15 is 0 Å². The Labute approximate surface area is 128 Å². The molecule has 0 fully saturated rings. The van der Waals surface area contributed by atoms with E-state index in [2.05, 4.69) is 12.2 Å². The summed E-state index contributed by atoms with van der Waals surface area (Å²) in [6.45, 7) is 2.80. The Balaban J connectivity index is 2.06. The van der Waals surface area contributed by atoms with Crippen molar-refractivity contribution in [1.29, 1.82) is 0 Å². The predicted octanol–water partition coefficient (Wildman–Crippen LogP) is 4.41. The van der Waals surface area contributed by atoms with Crippen LogP contribution in [0.1, 0.15) is 68.6 Å². The molecule has 0 radical (unpaired) electrons. The molecule has 0 amide bonds. The Morgan fingerprint density at radius 3 is 2.10 bits per heavy atom. The van der Waals surface area contributed by atoms with Crippen molar-refractivity contribution in [2.75, 3.05) is 18.5 Å². The molecular weight excluding hydrogens is 262 g/mol. The normalized spacial score (nSPS) is 10.6. The van der Waals surface area contributed by atoms with Gasteiger partial charge < -0.3 is 10.4 Å². The zero-order valence-corrected chi connectivity index (χ0v) is 13.2. The minimum atomic E-state index is -0.426. The van der Waals surface area contributed by atoms with Gasteiger partial charge in [-0.15, -0.1) is 0 Å². The average molecular weight is 291 g/mol. The number of Topliss-reactive ketones (excluding diaryl/α,β-unsaturated/α-hetero) is 1. The maximum atomic E-state index is 11.3. The molecule has 0 aliphatic heterocycles. The van der Waals surface area contributed by atoms with Crippen molar-refractivity contribution in [2.45, 2.75) is 58.3 Å². The lowest BCUT2D eigenvalue weighted by Crippen LogP contribution is -2.05. The third-order valence-corrected chi connectivity index (χ3v) is 3.71. The Hall–Kier alpha value is -1.35. The first-order chi connectivity index (χ1) is 10.3. The first-order valence-electron chi connectivity index (χ1n) is 8.26. The summed E-state index contributed by atoms with van der Waals surface area (Å²) in [6.07, 6.45) is 10.6. The van der Waals surface area contributed by atoms with Gasteiger partial charge >= 0.3 is 0 Å². The Morgan fingerprint density at radius 1 is 0.952 bits per heavy atom. The Kier molecular flexibility index (Phi) is 9.55. The number of carbonyl (C=O) groups is 1. The van der Waals surface area contributed by atoms with E-state index < -0.39 is 6.61 Å². The van der Waals surface area contributed by atoms with E-state index in [-0.39, 0.29) is 5.78 Å². The second kappa shape index (κ2) is 11.3. The minimum Gasteiger partial charge on any atom is -0.388 e. The second-order valence-corrected chi connectivity index (χ2v) is 5.56. The van der Waals surface area contributed by atoms with Gasteiger partial charge in [0.2, 0.25) is 0 Å². The van der Waals surface area contributed by atoms with E-state index in [1.165, 1.54) is 51.4 Å². The second-order valence-electron chi connectivity index (χ2n) is 5.56. The molecule has 0 bridgehead atoms. The number of ketones is 1. The average Bonchev–Trinajstić information content (AvgIpc) is 2.53. The predicted molar refractivity (Wildman–Crippen MR) is 89.0 cm³/mol. The van der Waals surface area contributed by atoms with Crippen LogP contribution in [0.25, 0.3) is 0 Å². The van der Waals surface area contributed by atoms with E-state index in [9.17, 15) is 4.79 Å². The van der Waals surface area contributed by atoms with E-state index in [1.54, 1.807) is 12.1 Å². The summed E-state index contributed by atoms with van der Waals surface area (Å²) in [7, 11) is 0. The van der Waals surface area contributed by atoms with Gasteiger partial charge in [-0.2, -0.15) is 0 Å². The van der Waals surface area contributed by atoms with Crippen molar-refractivity contribution in [3.05, 3.63) is 29.8 Å². The van der Waals surface area contributed by atoms with Gasteiger partial charge in [-0.25, -0.2) is 0 Å². The van der Waals surface area contributed by atoms with Crippen LogP contribution in [0.4, 0.5) is 5.69 Å². The lowest BCUT2D eigenvalue weighted by atomic mass is 10.1. The van der Waals surface area contributed by atoms with Crippen LogP contribution in [0.5, 0.6) is 0 Å². The summed E-state index contributed by atoms with van der Waals surface area (Å²) in [5.74, 6) is -0.232. The smallest absolute Gasteiger partial charge is 0.188 e. The van der Waals surface area contributed by atoms with Gasteiger partial charge in [-0.1, -0.05) is 51.9 Å². The summed E-state index contributed by atoms with van der Waals surface area (Å²) in [5, 5.41) is 12.2. The number of hydrogen-bond acceptors (Lipinski definition) is 3. The highest BCUT2D eigenvalue weighted by Crippen LogP contribution is 2.11. The summed E-state index contributed by atoms with van der Waals surface area (Å²) in [4.78, 5) is 11.3. The van der Waals surface area contributed by atoms with Gasteiger partial charge in [0.05, 0.1) is 0 Å². The topological polar surface area (TPSA) is 49.3 Å². The monoisotopic (exact) mass is 291 g/mol. The quantitative estimate of drug-likeness (QED) is 0.443. The molecule has 0 saturated carbocycles. The van der Waals surface area contributed by atoms with Gasteiger partial charge in [0.15, 0.2) is 5.78 Å². The summed E-state index contributed by atoms with van der Waals surface area (Å²) in [6, 6.07) is 7.31. The van der Waals surface area contributed by atoms with Crippen LogP contribution in [-0.2, 0) is 0 Å². The van der Waals surface area contributed by atoms with Crippen LogP contribution in [-0.4, -0.2) is 24.0 Å². The highest BCUT2D eigenvalue weighted by molar-refractivity contribution is 5.97. The third kappa shape index (κ3) is 7.86. The molecule has 0 unspecified atom stereocenters. The highest BCUT2D eigenvalue weighted by atomic mass is 16.3. The number of hydrogen-bond donors (Lipinski definition) is 2.